The Morgan fingerprint density at radius 1 is 0.243 bits per heavy atom. The van der Waals surface area contributed by atoms with E-state index in [4.69, 9.17) is 15.0 Å². The number of hydrogen-bond acceptors (Lipinski definition) is 3. The Morgan fingerprint density at radius 2 is 0.392 bits per heavy atom. The van der Waals surface area contributed by atoms with Gasteiger partial charge in [-0.3, -0.25) is 0 Å². The molecule has 9 nitrogen and oxygen atoms in total. The van der Waals surface area contributed by atoms with Crippen LogP contribution in [0, 0.1) is 0 Å². The normalized spacial score (nSPS) is 14.6. The maximum atomic E-state index is 5.75. The first-order valence-electron chi connectivity index (χ1n) is 28.5. The molecule has 0 saturated heterocycles. The summed E-state index contributed by atoms with van der Waals surface area (Å²) < 4.78 is 0. The largest absolute Gasteiger partial charge is 0.356 e. The van der Waals surface area contributed by atoms with Crippen LogP contribution in [-0.4, -0.2) is 44.9 Å². The fraction of sp³-hybridized carbons (Fsp3) is 0.400. The third kappa shape index (κ3) is 7.33. The van der Waals surface area contributed by atoms with Crippen molar-refractivity contribution in [2.24, 2.45) is 0 Å². The van der Waals surface area contributed by atoms with Gasteiger partial charge in [0.2, 0.25) is 0 Å². The Balaban J connectivity index is 1.41. The second-order valence-electron chi connectivity index (χ2n) is 20.6. The summed E-state index contributed by atoms with van der Waals surface area (Å²) in [6.07, 6.45) is 10.5. The van der Waals surface area contributed by atoms with Gasteiger partial charge in [-0.25, -0.2) is 15.0 Å². The summed E-state index contributed by atoms with van der Waals surface area (Å²) in [7, 11) is 0. The molecule has 0 unspecified atom stereocenters. The SMILES string of the molecule is CCc1c2[nH]c(c1CC)C1c3[nH]c(c(CC)c3CC)-c3cccc(n3)-c3[nH]c(c(CC)c3CC)C(c3[nH]c(c(CC)c3CC)-c3cccc-2n3)c2[nH]c(c(CC)c2CC)-c2cccc(n2)-c2[nH]c1c(CC)c2CC. The minimum absolute atomic E-state index is 0.186. The monoisotopic (exact) mass is 984 g/mol. The van der Waals surface area contributed by atoms with Crippen LogP contribution in [0.15, 0.2) is 54.6 Å². The van der Waals surface area contributed by atoms with E-state index >= 15 is 0 Å². The summed E-state index contributed by atoms with van der Waals surface area (Å²) in [4.78, 5) is 42.7. The van der Waals surface area contributed by atoms with Crippen LogP contribution in [0.2, 0.25) is 0 Å². The van der Waals surface area contributed by atoms with Crippen molar-refractivity contribution < 1.29 is 0 Å². The van der Waals surface area contributed by atoms with Crippen LogP contribution >= 0.6 is 0 Å². The molecule has 3 aliphatic rings. The molecule has 0 spiro atoms. The fourth-order valence-corrected chi connectivity index (χ4v) is 14.2. The van der Waals surface area contributed by atoms with Gasteiger partial charge >= 0.3 is 0 Å². The zero-order chi connectivity index (χ0) is 51.7. The summed E-state index contributed by atoms with van der Waals surface area (Å²) in [5, 5.41) is 0. The number of aromatic amines is 6. The molecule has 12 rings (SSSR count). The van der Waals surface area contributed by atoms with E-state index in [0.717, 1.165) is 145 Å². The quantitative estimate of drug-likeness (QED) is 0.0728. The summed E-state index contributed by atoms with van der Waals surface area (Å²) in [6, 6.07) is 20.0. The van der Waals surface area contributed by atoms with Crippen LogP contribution < -0.4 is 0 Å². The van der Waals surface area contributed by atoms with Gasteiger partial charge in [-0.15, -0.1) is 0 Å². The van der Waals surface area contributed by atoms with E-state index in [9.17, 15) is 0 Å². The van der Waals surface area contributed by atoms with Crippen LogP contribution in [0.5, 0.6) is 0 Å². The molecule has 0 aliphatic carbocycles. The van der Waals surface area contributed by atoms with Crippen molar-refractivity contribution in [2.75, 3.05) is 0 Å². The first-order valence-corrected chi connectivity index (χ1v) is 28.5. The van der Waals surface area contributed by atoms with Crippen LogP contribution in [0.25, 0.3) is 68.3 Å². The van der Waals surface area contributed by atoms with Gasteiger partial charge in [0.1, 0.15) is 0 Å². The maximum absolute atomic E-state index is 5.75. The minimum atomic E-state index is -0.186. The van der Waals surface area contributed by atoms with E-state index < -0.39 is 0 Å². The highest BCUT2D eigenvalue weighted by atomic mass is 14.9. The Hall–Kier alpha value is -6.87. The standard InChI is InChI=1S/C65H77N9/c1-13-34-40(19-7)60-52-61-41(20-8)35(14-2)56(70-61)48-30-26-32-50(67-48)58-38(17-5)44(23-11)64(73-58)53(63-43(22-10)37(16-4)55(72-63)47-29-25-28-46(66-47)54(34)69-60)65-45(24-12)39(18-6)59(74-65)51-33-27-31-49(68-51)57-36(15-3)42(21-9)62(52)71-57/h25-33,52-53,69-74H,13-24H2,1-12H3. The van der Waals surface area contributed by atoms with Crippen molar-refractivity contribution in [3.8, 4) is 68.3 Å². The molecule has 9 heteroatoms. The summed E-state index contributed by atoms with van der Waals surface area (Å²) in [5.74, 6) is -0.372. The topological polar surface area (TPSA) is 133 Å². The van der Waals surface area contributed by atoms with E-state index in [-0.39, 0.29) is 11.8 Å². The van der Waals surface area contributed by atoms with E-state index in [2.05, 4.69) is 168 Å². The van der Waals surface area contributed by atoms with Crippen molar-refractivity contribution in [1.29, 1.82) is 0 Å². The molecule has 9 aromatic rings. The number of H-pyrrole nitrogens is 6. The average Bonchev–Trinajstić information content (AvgIpc) is 4.30. The third-order valence-electron chi connectivity index (χ3n) is 17.3. The Morgan fingerprint density at radius 3 is 0.527 bits per heavy atom. The second-order valence-corrected chi connectivity index (χ2v) is 20.6. The molecule has 0 aromatic carbocycles. The molecular weight excluding hydrogens is 907 g/mol. The first kappa shape index (κ1) is 49.3. The molecular formula is C65H77N9. The fourth-order valence-electron chi connectivity index (χ4n) is 14.2. The lowest BCUT2D eigenvalue weighted by atomic mass is 9.85. The van der Waals surface area contributed by atoms with Crippen LogP contribution in [-0.2, 0) is 77.0 Å². The highest BCUT2D eigenvalue weighted by molar-refractivity contribution is 5.77. The van der Waals surface area contributed by atoms with Gasteiger partial charge in [0.25, 0.3) is 0 Å². The average molecular weight is 984 g/mol. The molecule has 382 valence electrons. The van der Waals surface area contributed by atoms with Crippen LogP contribution in [0.1, 0.15) is 196 Å². The van der Waals surface area contributed by atoms with Crippen LogP contribution in [0.4, 0.5) is 0 Å². The van der Waals surface area contributed by atoms with Gasteiger partial charge in [-0.1, -0.05) is 101 Å². The first-order chi connectivity index (χ1) is 36.2. The van der Waals surface area contributed by atoms with Crippen molar-refractivity contribution in [1.82, 2.24) is 44.9 Å². The molecule has 20 bridgehead atoms. The summed E-state index contributed by atoms with van der Waals surface area (Å²) in [6.45, 7) is 27.9. The van der Waals surface area contributed by atoms with Gasteiger partial charge in [0, 0.05) is 34.2 Å². The summed E-state index contributed by atoms with van der Waals surface area (Å²) >= 11 is 0. The predicted molar refractivity (Wildman–Crippen MR) is 306 cm³/mol. The number of nitrogens with one attached hydrogen (secondary N) is 6. The number of rotatable bonds is 12. The lowest BCUT2D eigenvalue weighted by Gasteiger charge is -2.21. The van der Waals surface area contributed by atoms with Gasteiger partial charge in [-0.05, 0) is 180 Å². The lowest BCUT2D eigenvalue weighted by Crippen LogP contribution is -2.12. The Labute approximate surface area is 438 Å². The van der Waals surface area contributed by atoms with E-state index in [1.807, 2.05) is 0 Å². The maximum Gasteiger partial charge on any atom is 0.0875 e. The molecule has 12 heterocycles. The molecule has 0 atom stereocenters. The zero-order valence-corrected chi connectivity index (χ0v) is 46.2. The molecule has 9 aromatic heterocycles. The molecule has 3 aliphatic heterocycles. The Bertz CT molecular complexity index is 2980. The molecule has 6 N–H and O–H groups in total. The molecule has 0 saturated carbocycles. The lowest BCUT2D eigenvalue weighted by molar-refractivity contribution is 0.814. The van der Waals surface area contributed by atoms with E-state index in [0.29, 0.717) is 0 Å². The van der Waals surface area contributed by atoms with Crippen molar-refractivity contribution >= 4 is 0 Å². The second kappa shape index (κ2) is 19.8. The minimum Gasteiger partial charge on any atom is -0.356 e. The predicted octanol–water partition coefficient (Wildman–Crippen LogP) is 15.6. The third-order valence-corrected chi connectivity index (χ3v) is 17.3. The number of aromatic nitrogens is 9. The molecule has 0 fully saturated rings. The summed E-state index contributed by atoms with van der Waals surface area (Å²) in [5.41, 5.74) is 35.9. The number of pyridine rings is 3. The van der Waals surface area contributed by atoms with E-state index in [1.54, 1.807) is 0 Å². The molecule has 74 heavy (non-hydrogen) atoms. The number of nitrogens with zero attached hydrogens (tertiary/aromatic N) is 3. The zero-order valence-electron chi connectivity index (χ0n) is 46.2. The Kier molecular flexibility index (Phi) is 13.2. The number of hydrogen-bond donors (Lipinski definition) is 6. The van der Waals surface area contributed by atoms with Crippen molar-refractivity contribution in [3.63, 3.8) is 0 Å². The van der Waals surface area contributed by atoms with Crippen molar-refractivity contribution in [2.45, 2.75) is 172 Å². The van der Waals surface area contributed by atoms with Gasteiger partial charge in [-0.2, -0.15) is 0 Å². The smallest absolute Gasteiger partial charge is 0.0875 e. The van der Waals surface area contributed by atoms with E-state index in [1.165, 1.54) is 101 Å². The highest BCUT2D eigenvalue weighted by Gasteiger charge is 2.38. The molecule has 0 amide bonds. The highest BCUT2D eigenvalue weighted by Crippen LogP contribution is 2.49. The van der Waals surface area contributed by atoms with Crippen molar-refractivity contribution in [3.05, 3.63) is 156 Å². The van der Waals surface area contributed by atoms with Gasteiger partial charge in [0.05, 0.1) is 80.2 Å². The van der Waals surface area contributed by atoms with Gasteiger partial charge < -0.3 is 29.9 Å². The van der Waals surface area contributed by atoms with Gasteiger partial charge in [0.15, 0.2) is 0 Å². The van der Waals surface area contributed by atoms with Crippen LogP contribution in [0.3, 0.4) is 0 Å². The molecule has 0 radical (unpaired) electrons.